The van der Waals surface area contributed by atoms with Crippen molar-refractivity contribution in [1.29, 1.82) is 0 Å². The Hall–Kier alpha value is -0.630. The molecular formula is C12H19ClN2. The zero-order valence-corrected chi connectivity index (χ0v) is 10.7. The molecule has 0 aromatic carbocycles. The Balaban J connectivity index is 3.03. The van der Waals surface area contributed by atoms with Crippen molar-refractivity contribution in [2.75, 3.05) is 0 Å². The molecule has 1 aromatic rings. The van der Waals surface area contributed by atoms with Gasteiger partial charge >= 0.3 is 0 Å². The van der Waals surface area contributed by atoms with Gasteiger partial charge in [0.15, 0.2) is 0 Å². The van der Waals surface area contributed by atoms with Gasteiger partial charge < -0.3 is 0 Å². The van der Waals surface area contributed by atoms with Crippen LogP contribution in [0.25, 0.3) is 0 Å². The van der Waals surface area contributed by atoms with Crippen molar-refractivity contribution < 1.29 is 0 Å². The molecular weight excluding hydrogens is 208 g/mol. The third kappa shape index (κ3) is 3.16. The number of nitrogens with zero attached hydrogens (tertiary/aromatic N) is 2. The normalized spacial score (nSPS) is 12.9. The molecule has 0 saturated carbocycles. The van der Waals surface area contributed by atoms with Crippen molar-refractivity contribution in [3.05, 3.63) is 22.2 Å². The third-order valence-corrected chi connectivity index (χ3v) is 3.06. The van der Waals surface area contributed by atoms with E-state index in [0.717, 1.165) is 29.9 Å². The van der Waals surface area contributed by atoms with Crippen molar-refractivity contribution in [3.8, 4) is 0 Å². The number of hydrogen-bond acceptors (Lipinski definition) is 2. The fourth-order valence-corrected chi connectivity index (χ4v) is 1.97. The fraction of sp³-hybridized carbons (Fsp3) is 0.667. The maximum Gasteiger partial charge on any atom is 0.136 e. The monoisotopic (exact) mass is 226 g/mol. The molecule has 0 aliphatic heterocycles. The summed E-state index contributed by atoms with van der Waals surface area (Å²) in [7, 11) is 0. The minimum absolute atomic E-state index is 0.628. The van der Waals surface area contributed by atoms with Gasteiger partial charge in [-0.25, -0.2) is 9.97 Å². The van der Waals surface area contributed by atoms with Crippen molar-refractivity contribution in [2.45, 2.75) is 47.0 Å². The van der Waals surface area contributed by atoms with E-state index < -0.39 is 0 Å². The van der Waals surface area contributed by atoms with Crippen LogP contribution in [0.3, 0.4) is 0 Å². The van der Waals surface area contributed by atoms with Crippen molar-refractivity contribution >= 4 is 11.6 Å². The summed E-state index contributed by atoms with van der Waals surface area (Å²) in [5.74, 6) is 1.43. The standard InChI is InChI=1S/C12H19ClN2/c1-5-8(3)7-11-10(6-2)12(13)15-9(4)14-11/h8H,5-7H2,1-4H3. The van der Waals surface area contributed by atoms with Gasteiger partial charge in [0.1, 0.15) is 11.0 Å². The molecule has 0 aliphatic carbocycles. The molecule has 0 aliphatic rings. The van der Waals surface area contributed by atoms with Gasteiger partial charge in [0.05, 0.1) is 0 Å². The van der Waals surface area contributed by atoms with E-state index in [1.54, 1.807) is 0 Å². The molecule has 2 nitrogen and oxygen atoms in total. The molecule has 1 rings (SSSR count). The van der Waals surface area contributed by atoms with E-state index in [2.05, 4.69) is 30.7 Å². The molecule has 0 saturated heterocycles. The van der Waals surface area contributed by atoms with Crippen LogP contribution >= 0.6 is 11.6 Å². The highest BCUT2D eigenvalue weighted by atomic mass is 35.5. The maximum absolute atomic E-state index is 6.11. The van der Waals surface area contributed by atoms with Gasteiger partial charge in [0.25, 0.3) is 0 Å². The molecule has 1 unspecified atom stereocenters. The molecule has 15 heavy (non-hydrogen) atoms. The minimum atomic E-state index is 0.628. The fourth-order valence-electron chi connectivity index (χ4n) is 1.61. The van der Waals surface area contributed by atoms with Crippen LogP contribution in [-0.4, -0.2) is 9.97 Å². The van der Waals surface area contributed by atoms with Crippen LogP contribution in [0.1, 0.15) is 44.3 Å². The Morgan fingerprint density at radius 3 is 2.47 bits per heavy atom. The Bertz CT molecular complexity index is 337. The quantitative estimate of drug-likeness (QED) is 0.734. The first-order valence-electron chi connectivity index (χ1n) is 5.60. The average Bonchev–Trinajstić information content (AvgIpc) is 2.17. The summed E-state index contributed by atoms with van der Waals surface area (Å²) in [6.07, 6.45) is 3.08. The topological polar surface area (TPSA) is 25.8 Å². The van der Waals surface area contributed by atoms with E-state index in [1.165, 1.54) is 6.42 Å². The lowest BCUT2D eigenvalue weighted by atomic mass is 9.99. The first-order valence-corrected chi connectivity index (χ1v) is 5.98. The molecule has 0 N–H and O–H groups in total. The number of hydrogen-bond donors (Lipinski definition) is 0. The van der Waals surface area contributed by atoms with Crippen LogP contribution in [0.5, 0.6) is 0 Å². The van der Waals surface area contributed by atoms with Crippen LogP contribution in [0, 0.1) is 12.8 Å². The molecule has 1 atom stereocenters. The summed E-state index contributed by atoms with van der Waals surface area (Å²) in [6, 6.07) is 0. The number of halogens is 1. The summed E-state index contributed by atoms with van der Waals surface area (Å²) in [5.41, 5.74) is 2.24. The molecule has 84 valence electrons. The van der Waals surface area contributed by atoms with Crippen molar-refractivity contribution in [1.82, 2.24) is 9.97 Å². The van der Waals surface area contributed by atoms with Gasteiger partial charge in [0, 0.05) is 11.3 Å². The summed E-state index contributed by atoms with van der Waals surface area (Å²) < 4.78 is 0. The van der Waals surface area contributed by atoms with Crippen LogP contribution in [-0.2, 0) is 12.8 Å². The van der Waals surface area contributed by atoms with Gasteiger partial charge in [-0.3, -0.25) is 0 Å². The number of aryl methyl sites for hydroxylation is 1. The predicted octanol–water partition coefficient (Wildman–Crippen LogP) is 3.59. The SMILES string of the molecule is CCc1c(Cl)nc(C)nc1CC(C)CC. The smallest absolute Gasteiger partial charge is 0.136 e. The highest BCUT2D eigenvalue weighted by Crippen LogP contribution is 2.20. The molecule has 0 amide bonds. The van der Waals surface area contributed by atoms with Crippen LogP contribution < -0.4 is 0 Å². The maximum atomic E-state index is 6.11. The Morgan fingerprint density at radius 1 is 1.27 bits per heavy atom. The third-order valence-electron chi connectivity index (χ3n) is 2.75. The van der Waals surface area contributed by atoms with Gasteiger partial charge in [-0.1, -0.05) is 38.8 Å². The lowest BCUT2D eigenvalue weighted by molar-refractivity contribution is 0.548. The Labute approximate surface area is 97.1 Å². The number of rotatable bonds is 4. The van der Waals surface area contributed by atoms with Crippen molar-refractivity contribution in [3.63, 3.8) is 0 Å². The first kappa shape index (κ1) is 12.4. The zero-order valence-electron chi connectivity index (χ0n) is 9.97. The molecule has 0 bridgehead atoms. The summed E-state index contributed by atoms with van der Waals surface area (Å²) in [4.78, 5) is 8.69. The molecule has 1 aromatic heterocycles. The van der Waals surface area contributed by atoms with E-state index in [1.807, 2.05) is 6.92 Å². The molecule has 0 spiro atoms. The van der Waals surface area contributed by atoms with E-state index in [9.17, 15) is 0 Å². The Morgan fingerprint density at radius 2 is 1.93 bits per heavy atom. The highest BCUT2D eigenvalue weighted by molar-refractivity contribution is 6.30. The van der Waals surface area contributed by atoms with E-state index in [-0.39, 0.29) is 0 Å². The summed E-state index contributed by atoms with van der Waals surface area (Å²) in [5, 5.41) is 0.628. The second-order valence-electron chi connectivity index (χ2n) is 4.06. The summed E-state index contributed by atoms with van der Waals surface area (Å²) in [6.45, 7) is 8.43. The number of aromatic nitrogens is 2. The predicted molar refractivity (Wildman–Crippen MR) is 64.3 cm³/mol. The highest BCUT2D eigenvalue weighted by Gasteiger charge is 2.12. The Kier molecular flexibility index (Phi) is 4.52. The molecule has 0 fully saturated rings. The zero-order chi connectivity index (χ0) is 11.4. The minimum Gasteiger partial charge on any atom is -0.238 e. The summed E-state index contributed by atoms with van der Waals surface area (Å²) >= 11 is 6.11. The van der Waals surface area contributed by atoms with Crippen LogP contribution in [0.4, 0.5) is 0 Å². The van der Waals surface area contributed by atoms with Crippen molar-refractivity contribution in [2.24, 2.45) is 5.92 Å². The van der Waals surface area contributed by atoms with Crippen LogP contribution in [0.15, 0.2) is 0 Å². The van der Waals surface area contributed by atoms with Crippen LogP contribution in [0.2, 0.25) is 5.15 Å². The second kappa shape index (κ2) is 5.45. The van der Waals surface area contributed by atoms with Gasteiger partial charge in [-0.15, -0.1) is 0 Å². The lowest BCUT2D eigenvalue weighted by Gasteiger charge is -2.12. The van der Waals surface area contributed by atoms with E-state index >= 15 is 0 Å². The molecule has 0 radical (unpaired) electrons. The molecule has 1 heterocycles. The first-order chi connectivity index (χ1) is 7.08. The van der Waals surface area contributed by atoms with Gasteiger partial charge in [-0.05, 0) is 25.7 Å². The second-order valence-corrected chi connectivity index (χ2v) is 4.42. The average molecular weight is 227 g/mol. The van der Waals surface area contributed by atoms with E-state index in [4.69, 9.17) is 11.6 Å². The van der Waals surface area contributed by atoms with Gasteiger partial charge in [-0.2, -0.15) is 0 Å². The lowest BCUT2D eigenvalue weighted by Crippen LogP contribution is -2.07. The van der Waals surface area contributed by atoms with Gasteiger partial charge in [0.2, 0.25) is 0 Å². The van der Waals surface area contributed by atoms with E-state index in [0.29, 0.717) is 11.1 Å². The largest absolute Gasteiger partial charge is 0.238 e. The molecule has 3 heteroatoms.